The maximum atomic E-state index is 5.62. The van der Waals surface area contributed by atoms with Crippen molar-refractivity contribution in [2.24, 2.45) is 5.73 Å². The van der Waals surface area contributed by atoms with E-state index < -0.39 is 0 Å². The van der Waals surface area contributed by atoms with Crippen LogP contribution in [0.2, 0.25) is 0 Å². The molecule has 2 nitrogen and oxygen atoms in total. The molecule has 0 saturated carbocycles. The molecule has 11 heavy (non-hydrogen) atoms. The molecule has 0 rings (SSSR count). The summed E-state index contributed by atoms with van der Waals surface area (Å²) >= 11 is 0. The fourth-order valence-electron chi connectivity index (χ4n) is 0.952. The average Bonchev–Trinajstić information content (AvgIpc) is 1.87. The third kappa shape index (κ3) is 6.32. The first-order valence-corrected chi connectivity index (χ1v) is 4.28. The maximum Gasteiger partial charge on any atom is 0.0622 e. The lowest BCUT2D eigenvalue weighted by Gasteiger charge is -2.22. The van der Waals surface area contributed by atoms with Crippen LogP contribution in [0.3, 0.4) is 0 Å². The zero-order valence-corrected chi connectivity index (χ0v) is 8.18. The van der Waals surface area contributed by atoms with Crippen molar-refractivity contribution in [2.75, 3.05) is 7.11 Å². The predicted molar refractivity (Wildman–Crippen MR) is 48.6 cm³/mol. The summed E-state index contributed by atoms with van der Waals surface area (Å²) in [6.07, 6.45) is 3.33. The van der Waals surface area contributed by atoms with Gasteiger partial charge in [-0.05, 0) is 40.0 Å². The molecule has 0 radical (unpaired) electrons. The second-order valence-corrected chi connectivity index (χ2v) is 3.83. The highest BCUT2D eigenvalue weighted by Crippen LogP contribution is 2.16. The fraction of sp³-hybridized carbons (Fsp3) is 1.00. The first-order valence-electron chi connectivity index (χ1n) is 4.28. The lowest BCUT2D eigenvalue weighted by molar-refractivity contribution is 0.0133. The number of nitrogens with two attached hydrogens (primary N) is 1. The Morgan fingerprint density at radius 2 is 2.00 bits per heavy atom. The minimum atomic E-state index is 0.0227. The van der Waals surface area contributed by atoms with Crippen LogP contribution in [0.5, 0.6) is 0 Å². The molecule has 0 unspecified atom stereocenters. The van der Waals surface area contributed by atoms with E-state index in [1.165, 1.54) is 0 Å². The molecular weight excluding hydrogens is 138 g/mol. The van der Waals surface area contributed by atoms with E-state index in [-0.39, 0.29) is 5.60 Å². The van der Waals surface area contributed by atoms with Gasteiger partial charge < -0.3 is 10.5 Å². The molecule has 0 aliphatic rings. The van der Waals surface area contributed by atoms with Crippen molar-refractivity contribution < 1.29 is 4.74 Å². The van der Waals surface area contributed by atoms with E-state index in [2.05, 4.69) is 13.8 Å². The molecule has 0 saturated heterocycles. The quantitative estimate of drug-likeness (QED) is 0.665. The summed E-state index contributed by atoms with van der Waals surface area (Å²) in [5, 5.41) is 0. The number of methoxy groups -OCH3 is 1. The van der Waals surface area contributed by atoms with Crippen LogP contribution in [0.15, 0.2) is 0 Å². The van der Waals surface area contributed by atoms with E-state index in [1.807, 2.05) is 6.92 Å². The van der Waals surface area contributed by atoms with Gasteiger partial charge in [-0.3, -0.25) is 0 Å². The highest BCUT2D eigenvalue weighted by molar-refractivity contribution is 4.68. The summed E-state index contributed by atoms with van der Waals surface area (Å²) in [5.74, 6) is 0. The van der Waals surface area contributed by atoms with Crippen LogP contribution in [0.1, 0.15) is 40.0 Å². The highest BCUT2D eigenvalue weighted by atomic mass is 16.5. The number of hydrogen-bond donors (Lipinski definition) is 1. The zero-order chi connectivity index (χ0) is 8.91. The molecule has 0 bridgehead atoms. The Kier molecular flexibility index (Phi) is 4.69. The molecule has 0 spiro atoms. The van der Waals surface area contributed by atoms with Crippen LogP contribution in [0.25, 0.3) is 0 Å². The molecule has 2 N–H and O–H groups in total. The second-order valence-electron chi connectivity index (χ2n) is 3.83. The zero-order valence-electron chi connectivity index (χ0n) is 8.18. The van der Waals surface area contributed by atoms with Gasteiger partial charge >= 0.3 is 0 Å². The van der Waals surface area contributed by atoms with Crippen molar-refractivity contribution in [3.05, 3.63) is 0 Å². The Morgan fingerprint density at radius 1 is 1.45 bits per heavy atom. The van der Waals surface area contributed by atoms with E-state index in [1.54, 1.807) is 7.11 Å². The molecule has 2 heteroatoms. The molecule has 0 amide bonds. The molecule has 0 aliphatic heterocycles. The molecule has 0 aromatic carbocycles. The Bertz CT molecular complexity index is 99.7. The van der Waals surface area contributed by atoms with Gasteiger partial charge in [0, 0.05) is 13.2 Å². The topological polar surface area (TPSA) is 35.2 Å². The van der Waals surface area contributed by atoms with Crippen molar-refractivity contribution in [1.29, 1.82) is 0 Å². The summed E-state index contributed by atoms with van der Waals surface area (Å²) in [6.45, 7) is 6.25. The third-order valence-corrected chi connectivity index (χ3v) is 1.99. The van der Waals surface area contributed by atoms with Crippen molar-refractivity contribution >= 4 is 0 Å². The van der Waals surface area contributed by atoms with E-state index in [0.29, 0.717) is 6.04 Å². The first-order chi connectivity index (χ1) is 4.98. The van der Waals surface area contributed by atoms with Gasteiger partial charge in [0.25, 0.3) is 0 Å². The first kappa shape index (κ1) is 10.9. The molecule has 0 fully saturated rings. The number of ether oxygens (including phenoxy) is 1. The molecular formula is C9H21NO. The van der Waals surface area contributed by atoms with Crippen LogP contribution in [0.4, 0.5) is 0 Å². The molecule has 0 aromatic heterocycles. The lowest BCUT2D eigenvalue weighted by atomic mass is 10.00. The van der Waals surface area contributed by atoms with E-state index in [0.717, 1.165) is 19.3 Å². The van der Waals surface area contributed by atoms with Crippen molar-refractivity contribution in [2.45, 2.75) is 51.7 Å². The van der Waals surface area contributed by atoms with Gasteiger partial charge in [-0.1, -0.05) is 0 Å². The van der Waals surface area contributed by atoms with Crippen LogP contribution in [-0.2, 0) is 4.74 Å². The molecule has 1 atom stereocenters. The maximum absolute atomic E-state index is 5.62. The Balaban J connectivity index is 3.38. The van der Waals surface area contributed by atoms with Crippen molar-refractivity contribution in [1.82, 2.24) is 0 Å². The average molecular weight is 159 g/mol. The molecule has 68 valence electrons. The highest BCUT2D eigenvalue weighted by Gasteiger charge is 2.15. The third-order valence-electron chi connectivity index (χ3n) is 1.99. The van der Waals surface area contributed by atoms with Gasteiger partial charge in [-0.25, -0.2) is 0 Å². The number of rotatable bonds is 5. The number of hydrogen-bond acceptors (Lipinski definition) is 2. The van der Waals surface area contributed by atoms with Gasteiger partial charge in [0.1, 0.15) is 0 Å². The summed E-state index contributed by atoms with van der Waals surface area (Å²) in [5.41, 5.74) is 5.65. The van der Waals surface area contributed by atoms with E-state index >= 15 is 0 Å². The van der Waals surface area contributed by atoms with Crippen LogP contribution in [0, 0.1) is 0 Å². The van der Waals surface area contributed by atoms with Crippen LogP contribution >= 0.6 is 0 Å². The SMILES string of the molecule is COC(C)(C)CCC[C@H](C)N. The van der Waals surface area contributed by atoms with Gasteiger partial charge in [0.05, 0.1) is 5.60 Å². The predicted octanol–water partition coefficient (Wildman–Crippen LogP) is 1.93. The van der Waals surface area contributed by atoms with E-state index in [4.69, 9.17) is 10.5 Å². The van der Waals surface area contributed by atoms with Gasteiger partial charge in [-0.15, -0.1) is 0 Å². The standard InChI is InChI=1S/C9H21NO/c1-8(10)6-5-7-9(2,3)11-4/h8H,5-7,10H2,1-4H3/t8-/m0/s1. The molecule has 0 aromatic rings. The molecule has 0 aliphatic carbocycles. The van der Waals surface area contributed by atoms with Crippen molar-refractivity contribution in [3.63, 3.8) is 0 Å². The lowest BCUT2D eigenvalue weighted by Crippen LogP contribution is -2.23. The van der Waals surface area contributed by atoms with Crippen LogP contribution < -0.4 is 5.73 Å². The van der Waals surface area contributed by atoms with Gasteiger partial charge in [-0.2, -0.15) is 0 Å². The van der Waals surface area contributed by atoms with Crippen LogP contribution in [-0.4, -0.2) is 18.8 Å². The van der Waals surface area contributed by atoms with Gasteiger partial charge in [0.2, 0.25) is 0 Å². The largest absolute Gasteiger partial charge is 0.379 e. The van der Waals surface area contributed by atoms with Gasteiger partial charge in [0.15, 0.2) is 0 Å². The second kappa shape index (κ2) is 4.73. The summed E-state index contributed by atoms with van der Waals surface area (Å²) < 4.78 is 5.28. The van der Waals surface area contributed by atoms with Crippen molar-refractivity contribution in [3.8, 4) is 0 Å². The monoisotopic (exact) mass is 159 g/mol. The normalized spacial score (nSPS) is 15.0. The minimum absolute atomic E-state index is 0.0227. The fourth-order valence-corrected chi connectivity index (χ4v) is 0.952. The smallest absolute Gasteiger partial charge is 0.0622 e. The minimum Gasteiger partial charge on any atom is -0.379 e. The Labute approximate surface area is 70.1 Å². The summed E-state index contributed by atoms with van der Waals surface area (Å²) in [4.78, 5) is 0. The summed E-state index contributed by atoms with van der Waals surface area (Å²) in [6, 6.07) is 0.322. The molecule has 0 heterocycles. The van der Waals surface area contributed by atoms with E-state index in [9.17, 15) is 0 Å². The summed E-state index contributed by atoms with van der Waals surface area (Å²) in [7, 11) is 1.76. The Hall–Kier alpha value is -0.0800. The Morgan fingerprint density at radius 3 is 2.36 bits per heavy atom.